The number of aryl methyl sites for hydroxylation is 1. The van der Waals surface area contributed by atoms with Gasteiger partial charge in [-0.15, -0.1) is 0 Å². The highest BCUT2D eigenvalue weighted by Gasteiger charge is 2.13. The number of rotatable bonds is 11. The number of phenols is 1. The Labute approximate surface area is 184 Å². The van der Waals surface area contributed by atoms with Crippen molar-refractivity contribution in [1.82, 2.24) is 14.8 Å². The lowest BCUT2D eigenvalue weighted by Gasteiger charge is -2.16. The monoisotopic (exact) mass is 441 g/mol. The summed E-state index contributed by atoms with van der Waals surface area (Å²) < 4.78 is 13.4. The molecule has 2 heterocycles. The van der Waals surface area contributed by atoms with Crippen LogP contribution in [0.5, 0.6) is 17.4 Å². The molecule has 166 valence electrons. The van der Waals surface area contributed by atoms with Crippen molar-refractivity contribution in [2.75, 3.05) is 13.2 Å². The van der Waals surface area contributed by atoms with E-state index in [4.69, 9.17) is 14.6 Å². The zero-order chi connectivity index (χ0) is 22.3. The lowest BCUT2D eigenvalue weighted by atomic mass is 10.1. The van der Waals surface area contributed by atoms with Crippen LogP contribution in [0.15, 0.2) is 48.8 Å². The van der Waals surface area contributed by atoms with Crippen molar-refractivity contribution >= 4 is 8.07 Å². The molecule has 1 aromatic carbocycles. The van der Waals surface area contributed by atoms with E-state index in [1.165, 1.54) is 0 Å². The summed E-state index contributed by atoms with van der Waals surface area (Å²) in [6.07, 6.45) is 4.71. The van der Waals surface area contributed by atoms with Crippen LogP contribution in [0.4, 0.5) is 0 Å². The van der Waals surface area contributed by atoms with E-state index < -0.39 is 8.07 Å². The predicted molar refractivity (Wildman–Crippen MR) is 123 cm³/mol. The van der Waals surface area contributed by atoms with Gasteiger partial charge in [-0.25, -0.2) is 9.67 Å². The maximum absolute atomic E-state index is 10.1. The van der Waals surface area contributed by atoms with E-state index in [0.717, 1.165) is 29.5 Å². The number of hydrogen-bond donors (Lipinski definition) is 2. The predicted octanol–water partition coefficient (Wildman–Crippen LogP) is 4.68. The molecule has 0 fully saturated rings. The molecule has 3 aromatic rings. The Morgan fingerprint density at radius 1 is 1.10 bits per heavy atom. The van der Waals surface area contributed by atoms with Gasteiger partial charge in [0.2, 0.25) is 5.88 Å². The average molecular weight is 442 g/mol. The third-order valence-corrected chi connectivity index (χ3v) is 6.55. The Balaban J connectivity index is 1.61. The van der Waals surface area contributed by atoms with Gasteiger partial charge in [-0.05, 0) is 42.6 Å². The topological polar surface area (TPSA) is 89.6 Å². The molecule has 31 heavy (non-hydrogen) atoms. The highest BCUT2D eigenvalue weighted by Crippen LogP contribution is 2.28. The number of aromatic hydroxyl groups is 1. The minimum Gasteiger partial charge on any atom is -0.508 e. The van der Waals surface area contributed by atoms with Gasteiger partial charge < -0.3 is 19.7 Å². The summed E-state index contributed by atoms with van der Waals surface area (Å²) in [7, 11) is -1.11. The van der Waals surface area contributed by atoms with Gasteiger partial charge in [0.05, 0.1) is 5.69 Å². The van der Waals surface area contributed by atoms with E-state index >= 15 is 0 Å². The first-order chi connectivity index (χ1) is 14.9. The molecule has 0 spiro atoms. The van der Waals surface area contributed by atoms with Crippen LogP contribution in [0.2, 0.25) is 25.7 Å². The zero-order valence-electron chi connectivity index (χ0n) is 18.4. The van der Waals surface area contributed by atoms with Gasteiger partial charge in [-0.2, -0.15) is 5.10 Å². The molecule has 7 nitrogen and oxygen atoms in total. The number of pyridine rings is 1. The van der Waals surface area contributed by atoms with Crippen LogP contribution in [-0.4, -0.2) is 46.3 Å². The second-order valence-electron chi connectivity index (χ2n) is 8.67. The molecule has 0 saturated carbocycles. The molecular weight excluding hydrogens is 410 g/mol. The van der Waals surface area contributed by atoms with Crippen LogP contribution >= 0.6 is 0 Å². The van der Waals surface area contributed by atoms with Gasteiger partial charge in [0.25, 0.3) is 0 Å². The highest BCUT2D eigenvalue weighted by molar-refractivity contribution is 6.76. The second-order valence-corrected chi connectivity index (χ2v) is 14.3. The lowest BCUT2D eigenvalue weighted by Crippen LogP contribution is -2.22. The molecule has 0 unspecified atom stereocenters. The van der Waals surface area contributed by atoms with Gasteiger partial charge in [0.15, 0.2) is 0 Å². The molecule has 0 saturated heterocycles. The van der Waals surface area contributed by atoms with Crippen LogP contribution < -0.4 is 4.74 Å². The molecule has 0 aliphatic rings. The molecule has 2 N–H and O–H groups in total. The van der Waals surface area contributed by atoms with Crippen molar-refractivity contribution in [3.8, 4) is 28.6 Å². The fraction of sp³-hybridized carbons (Fsp3) is 0.391. The molecule has 0 aliphatic carbocycles. The molecule has 8 heteroatoms. The van der Waals surface area contributed by atoms with Gasteiger partial charge in [-0.1, -0.05) is 25.7 Å². The van der Waals surface area contributed by atoms with Crippen LogP contribution in [-0.2, 0) is 17.9 Å². The molecule has 0 atom stereocenters. The van der Waals surface area contributed by atoms with Crippen molar-refractivity contribution in [1.29, 1.82) is 0 Å². The van der Waals surface area contributed by atoms with Gasteiger partial charge >= 0.3 is 0 Å². The minimum atomic E-state index is -1.11. The minimum absolute atomic E-state index is 0.0947. The second kappa shape index (κ2) is 10.6. The van der Waals surface area contributed by atoms with Crippen LogP contribution in [0.25, 0.3) is 11.3 Å². The first kappa shape index (κ1) is 23.0. The third kappa shape index (κ3) is 6.92. The average Bonchev–Trinajstić information content (AvgIpc) is 3.19. The Kier molecular flexibility index (Phi) is 7.84. The van der Waals surface area contributed by atoms with Gasteiger partial charge in [0.1, 0.15) is 18.2 Å². The molecule has 0 aliphatic heterocycles. The van der Waals surface area contributed by atoms with Crippen molar-refractivity contribution < 1.29 is 19.7 Å². The number of benzene rings is 1. The summed E-state index contributed by atoms with van der Waals surface area (Å²) in [6.45, 7) is 8.24. The van der Waals surface area contributed by atoms with E-state index in [9.17, 15) is 5.11 Å². The normalized spacial score (nSPS) is 11.6. The smallest absolute Gasteiger partial charge is 0.219 e. The largest absolute Gasteiger partial charge is 0.508 e. The quantitative estimate of drug-likeness (QED) is 0.332. The molecule has 2 aromatic heterocycles. The Morgan fingerprint density at radius 2 is 1.94 bits per heavy atom. The molecule has 0 amide bonds. The summed E-state index contributed by atoms with van der Waals surface area (Å²) in [6, 6.07) is 11.9. The number of nitrogens with zero attached hydrogens (tertiary/aromatic N) is 3. The van der Waals surface area contributed by atoms with Crippen LogP contribution in [0.1, 0.15) is 12.0 Å². The number of aliphatic hydroxyl groups is 1. The molecule has 0 bridgehead atoms. The number of hydrogen-bond acceptors (Lipinski definition) is 6. The van der Waals surface area contributed by atoms with E-state index in [1.807, 2.05) is 16.8 Å². The lowest BCUT2D eigenvalue weighted by molar-refractivity contribution is 0.0798. The van der Waals surface area contributed by atoms with Crippen LogP contribution in [0, 0.1) is 0 Å². The summed E-state index contributed by atoms with van der Waals surface area (Å²) in [5, 5.41) is 23.4. The van der Waals surface area contributed by atoms with Gasteiger partial charge in [0, 0.05) is 51.4 Å². The summed E-state index contributed by atoms with van der Waals surface area (Å²) in [4.78, 5) is 4.39. The van der Waals surface area contributed by atoms with Crippen molar-refractivity contribution in [2.45, 2.75) is 45.3 Å². The van der Waals surface area contributed by atoms with Crippen molar-refractivity contribution in [2.24, 2.45) is 0 Å². The van der Waals surface area contributed by atoms with Crippen molar-refractivity contribution in [3.05, 3.63) is 54.4 Å². The maximum atomic E-state index is 10.1. The standard InChI is InChI=1S/C23H31N3O4Si/c1-31(2,3)14-13-29-17-26-21(10-11-25-26)19-7-9-23(24-16-19)30-20-8-6-18(5-4-12-27)22(28)15-20/h6-11,15-16,27-28H,4-5,12-14,17H2,1-3H3. The summed E-state index contributed by atoms with van der Waals surface area (Å²) >= 11 is 0. The first-order valence-corrected chi connectivity index (χ1v) is 14.2. The third-order valence-electron chi connectivity index (χ3n) is 4.84. The van der Waals surface area contributed by atoms with E-state index in [0.29, 0.717) is 31.2 Å². The molecule has 0 radical (unpaired) electrons. The van der Waals surface area contributed by atoms with E-state index in [2.05, 4.69) is 29.7 Å². The van der Waals surface area contributed by atoms with Crippen molar-refractivity contribution in [3.63, 3.8) is 0 Å². The zero-order valence-corrected chi connectivity index (χ0v) is 19.4. The summed E-state index contributed by atoms with van der Waals surface area (Å²) in [5.41, 5.74) is 2.63. The Hall–Kier alpha value is -2.68. The fourth-order valence-corrected chi connectivity index (χ4v) is 3.77. The number of aromatic nitrogens is 3. The number of ether oxygens (including phenoxy) is 2. The maximum Gasteiger partial charge on any atom is 0.219 e. The number of aliphatic hydroxyl groups excluding tert-OH is 1. The highest BCUT2D eigenvalue weighted by atomic mass is 28.3. The van der Waals surface area contributed by atoms with E-state index in [1.54, 1.807) is 36.7 Å². The van der Waals surface area contributed by atoms with Crippen LogP contribution in [0.3, 0.4) is 0 Å². The molecular formula is C23H31N3O4Si. The Bertz CT molecular complexity index is 968. The molecule has 3 rings (SSSR count). The fourth-order valence-electron chi connectivity index (χ4n) is 3.01. The SMILES string of the molecule is C[Si](C)(C)CCOCn1nccc1-c1ccc(Oc2ccc(CCCO)c(O)c2)nc1. The first-order valence-electron chi connectivity index (χ1n) is 10.5. The van der Waals surface area contributed by atoms with Gasteiger partial charge in [-0.3, -0.25) is 0 Å². The number of phenolic OH excluding ortho intramolecular Hbond substituents is 1. The summed E-state index contributed by atoms with van der Waals surface area (Å²) in [5.74, 6) is 1.09. The van der Waals surface area contributed by atoms with E-state index in [-0.39, 0.29) is 12.4 Å². The Morgan fingerprint density at radius 3 is 2.61 bits per heavy atom.